The van der Waals surface area contributed by atoms with Crippen molar-refractivity contribution in [3.63, 3.8) is 0 Å². The highest BCUT2D eigenvalue weighted by atomic mass is 16.6. The molecule has 1 unspecified atom stereocenters. The van der Waals surface area contributed by atoms with E-state index in [4.69, 9.17) is 14.2 Å². The maximum atomic E-state index is 11.8. The van der Waals surface area contributed by atoms with Gasteiger partial charge in [0.15, 0.2) is 6.10 Å². The molecule has 0 saturated heterocycles. The third-order valence-electron chi connectivity index (χ3n) is 4.09. The predicted molar refractivity (Wildman–Crippen MR) is 96.3 cm³/mol. The minimum absolute atomic E-state index is 0.342. The summed E-state index contributed by atoms with van der Waals surface area (Å²) in [5.41, 5.74) is 4.17. The van der Waals surface area contributed by atoms with E-state index in [1.807, 2.05) is 61.5 Å². The first-order valence-corrected chi connectivity index (χ1v) is 8.44. The number of hydrogen-bond acceptors (Lipinski definition) is 4. The van der Waals surface area contributed by atoms with Gasteiger partial charge < -0.3 is 14.2 Å². The van der Waals surface area contributed by atoms with Crippen molar-refractivity contribution < 1.29 is 19.0 Å². The molecule has 0 amide bonds. The molecule has 4 heteroatoms. The van der Waals surface area contributed by atoms with Crippen molar-refractivity contribution in [3.8, 4) is 5.75 Å². The molecule has 0 radical (unpaired) electrons. The lowest BCUT2D eigenvalue weighted by molar-refractivity contribution is -0.151. The molecule has 1 heterocycles. The van der Waals surface area contributed by atoms with Gasteiger partial charge in [0.2, 0.25) is 0 Å². The summed E-state index contributed by atoms with van der Waals surface area (Å²) in [6.07, 6.45) is 1.20. The predicted octanol–water partition coefficient (Wildman–Crippen LogP) is 3.92. The normalized spacial score (nSPS) is 16.4. The first kappa shape index (κ1) is 17.2. The van der Waals surface area contributed by atoms with Crippen LogP contribution in [0.1, 0.15) is 23.6 Å². The Hall–Kier alpha value is -2.59. The van der Waals surface area contributed by atoms with E-state index in [1.54, 1.807) is 6.92 Å². The molecule has 3 rings (SSSR count). The summed E-state index contributed by atoms with van der Waals surface area (Å²) in [5.74, 6) is 0.493. The third kappa shape index (κ3) is 4.28. The number of carbonyl (C=O) groups is 1. The van der Waals surface area contributed by atoms with E-state index in [1.165, 1.54) is 0 Å². The first-order chi connectivity index (χ1) is 12.2. The van der Waals surface area contributed by atoms with Crippen molar-refractivity contribution in [3.05, 3.63) is 71.3 Å². The minimum atomic E-state index is -0.620. The summed E-state index contributed by atoms with van der Waals surface area (Å²) in [5, 5.41) is 0. The fourth-order valence-electron chi connectivity index (χ4n) is 2.69. The summed E-state index contributed by atoms with van der Waals surface area (Å²) in [6, 6.07) is 16.1. The van der Waals surface area contributed by atoms with E-state index in [-0.39, 0.29) is 5.97 Å². The van der Waals surface area contributed by atoms with Crippen molar-refractivity contribution in [1.82, 2.24) is 0 Å². The van der Waals surface area contributed by atoms with Crippen LogP contribution in [0.5, 0.6) is 5.75 Å². The molecule has 1 aliphatic rings. The summed E-state index contributed by atoms with van der Waals surface area (Å²) in [7, 11) is 0. The molecule has 0 fully saturated rings. The van der Waals surface area contributed by atoms with Gasteiger partial charge >= 0.3 is 5.97 Å². The molecule has 2 aromatic rings. The van der Waals surface area contributed by atoms with Crippen LogP contribution in [0.3, 0.4) is 0 Å². The molecule has 0 aliphatic carbocycles. The number of esters is 1. The van der Waals surface area contributed by atoms with Crippen molar-refractivity contribution >= 4 is 11.5 Å². The lowest BCUT2D eigenvalue weighted by Gasteiger charge is -2.11. The number of rotatable bonds is 6. The average molecular weight is 338 g/mol. The quantitative estimate of drug-likeness (QED) is 0.749. The van der Waals surface area contributed by atoms with E-state index >= 15 is 0 Å². The van der Waals surface area contributed by atoms with Crippen LogP contribution in [0.25, 0.3) is 5.57 Å². The second-order valence-corrected chi connectivity index (χ2v) is 5.93. The highest BCUT2D eigenvalue weighted by Gasteiger charge is 2.25. The van der Waals surface area contributed by atoms with Crippen LogP contribution in [-0.4, -0.2) is 25.3 Å². The van der Waals surface area contributed by atoms with Crippen LogP contribution in [0.15, 0.2) is 54.6 Å². The molecule has 0 saturated carbocycles. The molecule has 2 aromatic carbocycles. The average Bonchev–Trinajstić information content (AvgIpc) is 3.12. The Labute approximate surface area is 148 Å². The van der Waals surface area contributed by atoms with E-state index in [9.17, 15) is 4.79 Å². The molecule has 1 atom stereocenters. The molecule has 0 aromatic heterocycles. The van der Waals surface area contributed by atoms with Crippen molar-refractivity contribution in [2.45, 2.75) is 26.6 Å². The fraction of sp³-hybridized carbons (Fsp3) is 0.286. The molecular formula is C21H22O4. The van der Waals surface area contributed by atoms with Crippen molar-refractivity contribution in [2.75, 3.05) is 13.2 Å². The van der Waals surface area contributed by atoms with E-state index in [2.05, 4.69) is 0 Å². The molecule has 4 nitrogen and oxygen atoms in total. The van der Waals surface area contributed by atoms with Crippen LogP contribution < -0.4 is 4.74 Å². The van der Waals surface area contributed by atoms with Gasteiger partial charge in [-0.15, -0.1) is 0 Å². The van der Waals surface area contributed by atoms with Gasteiger partial charge in [0, 0.05) is 0 Å². The number of benzene rings is 2. The summed E-state index contributed by atoms with van der Waals surface area (Å²) in [4.78, 5) is 11.8. The summed E-state index contributed by atoms with van der Waals surface area (Å²) in [6.45, 7) is 5.07. The topological polar surface area (TPSA) is 44.8 Å². The number of aryl methyl sites for hydroxylation is 1. The van der Waals surface area contributed by atoms with Crippen LogP contribution in [0, 0.1) is 6.92 Å². The summed E-state index contributed by atoms with van der Waals surface area (Å²) >= 11 is 0. The highest BCUT2D eigenvalue weighted by Crippen LogP contribution is 2.28. The van der Waals surface area contributed by atoms with Gasteiger partial charge in [0.25, 0.3) is 0 Å². The molecule has 25 heavy (non-hydrogen) atoms. The highest BCUT2D eigenvalue weighted by molar-refractivity contribution is 5.83. The van der Waals surface area contributed by atoms with Crippen molar-refractivity contribution in [2.24, 2.45) is 0 Å². The van der Waals surface area contributed by atoms with Gasteiger partial charge in [-0.1, -0.05) is 42.5 Å². The Morgan fingerprint density at radius 2 is 2.00 bits per heavy atom. The Morgan fingerprint density at radius 1 is 1.20 bits per heavy atom. The van der Waals surface area contributed by atoms with Crippen LogP contribution >= 0.6 is 0 Å². The summed E-state index contributed by atoms with van der Waals surface area (Å²) < 4.78 is 16.5. The zero-order valence-corrected chi connectivity index (χ0v) is 14.5. The molecular weight excluding hydrogens is 316 g/mol. The third-order valence-corrected chi connectivity index (χ3v) is 4.09. The van der Waals surface area contributed by atoms with Crippen LogP contribution in [-0.2, 0) is 20.9 Å². The lowest BCUT2D eigenvalue weighted by Crippen LogP contribution is -2.21. The monoisotopic (exact) mass is 338 g/mol. The first-order valence-electron chi connectivity index (χ1n) is 8.44. The van der Waals surface area contributed by atoms with Gasteiger partial charge in [-0.05, 0) is 48.3 Å². The molecule has 130 valence electrons. The number of hydrogen-bond donors (Lipinski definition) is 0. The zero-order chi connectivity index (χ0) is 17.6. The van der Waals surface area contributed by atoms with Gasteiger partial charge in [0.05, 0.1) is 13.2 Å². The second-order valence-electron chi connectivity index (χ2n) is 5.93. The molecule has 0 bridgehead atoms. The Morgan fingerprint density at radius 3 is 2.76 bits per heavy atom. The van der Waals surface area contributed by atoms with Gasteiger partial charge in [-0.3, -0.25) is 0 Å². The second kappa shape index (κ2) is 7.99. The van der Waals surface area contributed by atoms with Crippen molar-refractivity contribution in [1.29, 1.82) is 0 Å². The van der Waals surface area contributed by atoms with Crippen LogP contribution in [0.4, 0.5) is 0 Å². The van der Waals surface area contributed by atoms with E-state index in [0.717, 1.165) is 28.0 Å². The number of ether oxygens (including phenoxy) is 3. The van der Waals surface area contributed by atoms with Gasteiger partial charge in [-0.2, -0.15) is 0 Å². The van der Waals surface area contributed by atoms with E-state index in [0.29, 0.717) is 19.8 Å². The molecule has 1 aliphatic heterocycles. The fourth-order valence-corrected chi connectivity index (χ4v) is 2.69. The largest absolute Gasteiger partial charge is 0.489 e. The Balaban J connectivity index is 1.73. The molecule has 0 N–H and O–H groups in total. The standard InChI is InChI=1S/C21H22O4/c1-3-23-21(22)20-12-18(14-25-20)17-10-9-15(2)19(11-17)24-13-16-7-5-4-6-8-16/h4-12,20H,3,13-14H2,1-2H3. The maximum absolute atomic E-state index is 11.8. The Bertz CT molecular complexity index is 765. The Kier molecular flexibility index (Phi) is 5.51. The number of carbonyl (C=O) groups excluding carboxylic acids is 1. The SMILES string of the molecule is CCOC(=O)C1C=C(c2ccc(C)c(OCc3ccccc3)c2)CO1. The minimum Gasteiger partial charge on any atom is -0.489 e. The van der Waals surface area contributed by atoms with Crippen LogP contribution in [0.2, 0.25) is 0 Å². The maximum Gasteiger partial charge on any atom is 0.339 e. The molecule has 0 spiro atoms. The lowest BCUT2D eigenvalue weighted by atomic mass is 10.0. The zero-order valence-electron chi connectivity index (χ0n) is 14.5. The van der Waals surface area contributed by atoms with Gasteiger partial charge in [-0.25, -0.2) is 4.79 Å². The smallest absolute Gasteiger partial charge is 0.339 e. The van der Waals surface area contributed by atoms with Gasteiger partial charge in [0.1, 0.15) is 12.4 Å². The van der Waals surface area contributed by atoms with E-state index < -0.39 is 6.10 Å².